The van der Waals surface area contributed by atoms with Gasteiger partial charge in [0.2, 0.25) is 5.03 Å². The topological polar surface area (TPSA) is 84.2 Å². The van der Waals surface area contributed by atoms with Crippen molar-refractivity contribution in [1.29, 1.82) is 0 Å². The first kappa shape index (κ1) is 14.4. The molecule has 17 heavy (non-hydrogen) atoms. The number of hydrogen-bond donors (Lipinski definition) is 2. The van der Waals surface area contributed by atoms with Gasteiger partial charge in [-0.05, 0) is 20.8 Å². The first-order valence-electron chi connectivity index (χ1n) is 4.97. The summed E-state index contributed by atoms with van der Waals surface area (Å²) in [6.07, 6.45) is 0.464. The Balaban J connectivity index is 3.10. The molecule has 2 N–H and O–H groups in total. The molecule has 0 saturated carbocycles. The number of nitrogens with zero attached hydrogens (tertiary/aromatic N) is 2. The SMILES string of the molecule is CC(O)C(C)(C)NS(=O)(=O)c1ncn(C)c1Cl. The number of aromatic nitrogens is 2. The second-order valence-corrected chi connectivity index (χ2v) is 6.41. The number of aliphatic hydroxyl groups is 1. The summed E-state index contributed by atoms with van der Waals surface area (Å²) in [6.45, 7) is 4.65. The predicted molar refractivity (Wildman–Crippen MR) is 64.3 cm³/mol. The molecule has 0 aliphatic carbocycles. The van der Waals surface area contributed by atoms with Gasteiger partial charge in [-0.3, -0.25) is 0 Å². The molecule has 0 aliphatic heterocycles. The van der Waals surface area contributed by atoms with Crippen LogP contribution in [0.2, 0.25) is 5.15 Å². The van der Waals surface area contributed by atoms with Crippen LogP contribution in [0.1, 0.15) is 20.8 Å². The van der Waals surface area contributed by atoms with Crippen LogP contribution in [0.3, 0.4) is 0 Å². The molecule has 98 valence electrons. The Morgan fingerprint density at radius 3 is 2.47 bits per heavy atom. The molecule has 1 aromatic rings. The van der Waals surface area contributed by atoms with Crippen molar-refractivity contribution in [2.75, 3.05) is 0 Å². The Hall–Kier alpha value is -0.630. The van der Waals surface area contributed by atoms with Crippen LogP contribution in [-0.4, -0.2) is 34.7 Å². The molecule has 0 saturated heterocycles. The van der Waals surface area contributed by atoms with E-state index in [1.54, 1.807) is 20.9 Å². The zero-order valence-corrected chi connectivity index (χ0v) is 11.7. The number of aryl methyl sites for hydroxylation is 1. The number of sulfonamides is 1. The number of aliphatic hydroxyl groups excluding tert-OH is 1. The first-order chi connectivity index (χ1) is 7.58. The minimum atomic E-state index is -3.85. The molecule has 1 heterocycles. The van der Waals surface area contributed by atoms with E-state index in [0.29, 0.717) is 0 Å². The highest BCUT2D eigenvalue weighted by Gasteiger charge is 2.33. The van der Waals surface area contributed by atoms with Gasteiger partial charge < -0.3 is 9.67 Å². The molecular formula is C9H16ClN3O3S. The second kappa shape index (κ2) is 4.56. The fourth-order valence-corrected chi connectivity index (χ4v) is 2.96. The lowest BCUT2D eigenvalue weighted by Crippen LogP contribution is -2.50. The summed E-state index contributed by atoms with van der Waals surface area (Å²) in [4.78, 5) is 3.73. The van der Waals surface area contributed by atoms with E-state index < -0.39 is 21.7 Å². The fourth-order valence-electron chi connectivity index (χ4n) is 1.05. The normalized spacial score (nSPS) is 14.9. The first-order valence-corrected chi connectivity index (χ1v) is 6.83. The lowest BCUT2D eigenvalue weighted by Gasteiger charge is -2.28. The van der Waals surface area contributed by atoms with Gasteiger partial charge >= 0.3 is 0 Å². The molecule has 0 fully saturated rings. The average molecular weight is 282 g/mol. The molecule has 0 aromatic carbocycles. The zero-order valence-electron chi connectivity index (χ0n) is 10.1. The summed E-state index contributed by atoms with van der Waals surface area (Å²) in [6, 6.07) is 0. The van der Waals surface area contributed by atoms with Crippen LogP contribution >= 0.6 is 11.6 Å². The standard InChI is InChI=1S/C9H16ClN3O3S/c1-6(14)9(2,3)12-17(15,16)8-7(10)13(4)5-11-8/h5-6,12,14H,1-4H3. The summed E-state index contributed by atoms with van der Waals surface area (Å²) >= 11 is 5.82. The zero-order chi connectivity index (χ0) is 13.4. The van der Waals surface area contributed by atoms with Gasteiger partial charge in [-0.25, -0.2) is 18.1 Å². The third-order valence-corrected chi connectivity index (χ3v) is 4.69. The Labute approximate surface area is 106 Å². The van der Waals surface area contributed by atoms with E-state index >= 15 is 0 Å². The summed E-state index contributed by atoms with van der Waals surface area (Å²) in [5.41, 5.74) is -1.00. The number of rotatable bonds is 4. The third kappa shape index (κ3) is 2.98. The van der Waals surface area contributed by atoms with Crippen LogP contribution in [0.15, 0.2) is 11.4 Å². The molecule has 1 rings (SSSR count). The Morgan fingerprint density at radius 1 is 1.59 bits per heavy atom. The maximum Gasteiger partial charge on any atom is 0.261 e. The second-order valence-electron chi connectivity index (χ2n) is 4.45. The van der Waals surface area contributed by atoms with Crippen molar-refractivity contribution >= 4 is 21.6 Å². The van der Waals surface area contributed by atoms with Crippen molar-refractivity contribution in [2.24, 2.45) is 7.05 Å². The fraction of sp³-hybridized carbons (Fsp3) is 0.667. The summed E-state index contributed by atoms with van der Waals surface area (Å²) in [5, 5.41) is 9.27. The highest BCUT2D eigenvalue weighted by molar-refractivity contribution is 7.89. The highest BCUT2D eigenvalue weighted by atomic mass is 35.5. The van der Waals surface area contributed by atoms with Crippen molar-refractivity contribution in [3.63, 3.8) is 0 Å². The maximum absolute atomic E-state index is 12.0. The lowest BCUT2D eigenvalue weighted by atomic mass is 10.0. The van der Waals surface area contributed by atoms with Gasteiger partial charge in [-0.1, -0.05) is 11.6 Å². The van der Waals surface area contributed by atoms with Gasteiger partial charge in [0.1, 0.15) is 5.15 Å². The van der Waals surface area contributed by atoms with Crippen LogP contribution in [0.25, 0.3) is 0 Å². The quantitative estimate of drug-likeness (QED) is 0.842. The molecule has 8 heteroatoms. The number of hydrogen-bond acceptors (Lipinski definition) is 4. The van der Waals surface area contributed by atoms with E-state index in [9.17, 15) is 13.5 Å². The van der Waals surface area contributed by atoms with Crippen molar-refractivity contribution < 1.29 is 13.5 Å². The van der Waals surface area contributed by atoms with Crippen molar-refractivity contribution in [1.82, 2.24) is 14.3 Å². The van der Waals surface area contributed by atoms with E-state index in [0.717, 1.165) is 0 Å². The molecule has 0 aliphatic rings. The molecule has 0 bridgehead atoms. The molecule has 1 unspecified atom stereocenters. The van der Waals surface area contributed by atoms with Crippen LogP contribution in [-0.2, 0) is 17.1 Å². The molecule has 1 aromatic heterocycles. The molecule has 0 radical (unpaired) electrons. The van der Waals surface area contributed by atoms with E-state index in [1.807, 2.05) is 0 Å². The van der Waals surface area contributed by atoms with Crippen molar-refractivity contribution in [2.45, 2.75) is 37.4 Å². The molecule has 0 amide bonds. The van der Waals surface area contributed by atoms with Crippen molar-refractivity contribution in [3.8, 4) is 0 Å². The monoisotopic (exact) mass is 281 g/mol. The lowest BCUT2D eigenvalue weighted by molar-refractivity contribution is 0.111. The number of nitrogens with one attached hydrogen (secondary N) is 1. The van der Waals surface area contributed by atoms with Gasteiger partial charge in [0.25, 0.3) is 10.0 Å². The highest BCUT2D eigenvalue weighted by Crippen LogP contribution is 2.21. The third-order valence-electron chi connectivity index (χ3n) is 2.53. The van der Waals surface area contributed by atoms with Gasteiger partial charge in [0.15, 0.2) is 0 Å². The summed E-state index contributed by atoms with van der Waals surface area (Å²) < 4.78 is 27.8. The van der Waals surface area contributed by atoms with Crippen LogP contribution < -0.4 is 4.72 Å². The summed E-state index contributed by atoms with van der Waals surface area (Å²) in [5.74, 6) is 0. The van der Waals surface area contributed by atoms with Gasteiger partial charge in [-0.15, -0.1) is 0 Å². The molecule has 6 nitrogen and oxygen atoms in total. The van der Waals surface area contributed by atoms with Gasteiger partial charge in [-0.2, -0.15) is 0 Å². The predicted octanol–water partition coefficient (Wildman–Crippen LogP) is 0.511. The van der Waals surface area contributed by atoms with Crippen LogP contribution in [0.5, 0.6) is 0 Å². The number of halogens is 1. The smallest absolute Gasteiger partial charge is 0.261 e. The Morgan fingerprint density at radius 2 is 2.12 bits per heavy atom. The maximum atomic E-state index is 12.0. The Kier molecular flexibility index (Phi) is 3.87. The number of imidazole rings is 1. The largest absolute Gasteiger partial charge is 0.391 e. The van der Waals surface area contributed by atoms with E-state index in [2.05, 4.69) is 9.71 Å². The van der Waals surface area contributed by atoms with Crippen molar-refractivity contribution in [3.05, 3.63) is 11.5 Å². The molecular weight excluding hydrogens is 266 g/mol. The average Bonchev–Trinajstić information content (AvgIpc) is 2.45. The van der Waals surface area contributed by atoms with Crippen LogP contribution in [0, 0.1) is 0 Å². The Bertz CT molecular complexity index is 508. The van der Waals surface area contributed by atoms with Gasteiger partial charge in [0.05, 0.1) is 18.0 Å². The van der Waals surface area contributed by atoms with E-state index in [4.69, 9.17) is 11.6 Å². The molecule has 1 atom stereocenters. The minimum Gasteiger partial charge on any atom is -0.391 e. The van der Waals surface area contributed by atoms with E-state index in [-0.39, 0.29) is 10.2 Å². The molecule has 0 spiro atoms. The van der Waals surface area contributed by atoms with Gasteiger partial charge in [0, 0.05) is 7.05 Å². The minimum absolute atomic E-state index is 0.0268. The summed E-state index contributed by atoms with van der Waals surface area (Å²) in [7, 11) is -2.26. The van der Waals surface area contributed by atoms with Crippen LogP contribution in [0.4, 0.5) is 0 Å². The van der Waals surface area contributed by atoms with E-state index in [1.165, 1.54) is 17.8 Å².